The van der Waals surface area contributed by atoms with Gasteiger partial charge in [0.2, 0.25) is 0 Å². The van der Waals surface area contributed by atoms with Crippen LogP contribution in [0.5, 0.6) is 0 Å². The van der Waals surface area contributed by atoms with Gasteiger partial charge in [-0.2, -0.15) is 0 Å². The van der Waals surface area contributed by atoms with Crippen molar-refractivity contribution in [3.05, 3.63) is 30.3 Å². The predicted molar refractivity (Wildman–Crippen MR) is 69.2 cm³/mol. The second-order valence-electron chi connectivity index (χ2n) is 4.50. The fourth-order valence-corrected chi connectivity index (χ4v) is 2.51. The molecular formula is C14H19N2O-. The van der Waals surface area contributed by atoms with Crippen LogP contribution >= 0.6 is 0 Å². The van der Waals surface area contributed by atoms with Crippen LogP contribution < -0.4 is 10.0 Å². The highest BCUT2D eigenvalue weighted by molar-refractivity contribution is 5.89. The summed E-state index contributed by atoms with van der Waals surface area (Å²) >= 11 is 0. The summed E-state index contributed by atoms with van der Waals surface area (Å²) in [6.07, 6.45) is 5.90. The second-order valence-corrected chi connectivity index (χ2v) is 4.50. The summed E-state index contributed by atoms with van der Waals surface area (Å²) in [5, 5.41) is 12.0. The van der Waals surface area contributed by atoms with Crippen LogP contribution in [-0.2, 0) is 0 Å². The van der Waals surface area contributed by atoms with Crippen LogP contribution in [0.3, 0.4) is 0 Å². The van der Waals surface area contributed by atoms with Gasteiger partial charge in [-0.25, -0.2) is 0 Å². The summed E-state index contributed by atoms with van der Waals surface area (Å²) in [6, 6.07) is 10.1. The Bertz CT molecular complexity index is 369. The lowest BCUT2D eigenvalue weighted by atomic mass is 9.94. The van der Waals surface area contributed by atoms with E-state index in [9.17, 15) is 5.11 Å². The van der Waals surface area contributed by atoms with Crippen molar-refractivity contribution in [2.45, 2.75) is 38.1 Å². The predicted octanol–water partition coefficient (Wildman–Crippen LogP) is 2.17. The Morgan fingerprint density at radius 3 is 2.41 bits per heavy atom. The highest BCUT2D eigenvalue weighted by atomic mass is 16.3. The molecule has 0 unspecified atom stereocenters. The Kier molecular flexibility index (Phi) is 4.02. The first kappa shape index (κ1) is 12.0. The van der Waals surface area contributed by atoms with Gasteiger partial charge in [0.25, 0.3) is 0 Å². The van der Waals surface area contributed by atoms with Crippen molar-refractivity contribution in [3.63, 3.8) is 0 Å². The van der Waals surface area contributed by atoms with Gasteiger partial charge in [-0.1, -0.05) is 37.5 Å². The van der Waals surface area contributed by atoms with Crippen molar-refractivity contribution < 1.29 is 5.11 Å². The van der Waals surface area contributed by atoms with Crippen molar-refractivity contribution in [1.29, 1.82) is 0 Å². The molecule has 0 saturated heterocycles. The maximum Gasteiger partial charge on any atom is 0.0543 e. The first-order valence-electron chi connectivity index (χ1n) is 6.31. The van der Waals surface area contributed by atoms with E-state index >= 15 is 0 Å². The van der Waals surface area contributed by atoms with Crippen LogP contribution in [0, 0.1) is 0 Å². The second kappa shape index (κ2) is 5.71. The third-order valence-corrected chi connectivity index (χ3v) is 3.37. The first-order valence-corrected chi connectivity index (χ1v) is 6.31. The minimum Gasteiger partial charge on any atom is -0.846 e. The molecule has 3 nitrogen and oxygen atoms in total. The monoisotopic (exact) mass is 231 g/mol. The molecule has 0 spiro atoms. The molecule has 0 bridgehead atoms. The van der Waals surface area contributed by atoms with E-state index in [0.717, 1.165) is 18.5 Å². The van der Waals surface area contributed by atoms with Crippen molar-refractivity contribution in [2.24, 2.45) is 4.99 Å². The van der Waals surface area contributed by atoms with E-state index in [2.05, 4.69) is 4.99 Å². The summed E-state index contributed by atoms with van der Waals surface area (Å²) in [7, 11) is 1.57. The van der Waals surface area contributed by atoms with Crippen LogP contribution in [0.4, 0.5) is 5.69 Å². The number of hydrogen-bond donors (Lipinski definition) is 0. The molecule has 1 aliphatic rings. The molecule has 0 radical (unpaired) electrons. The lowest BCUT2D eigenvalue weighted by molar-refractivity contribution is -0.218. The van der Waals surface area contributed by atoms with Gasteiger partial charge in [0, 0.05) is 18.8 Å². The molecule has 0 aliphatic heterocycles. The van der Waals surface area contributed by atoms with Crippen LogP contribution in [0.25, 0.3) is 0 Å². The number of para-hydroxylation sites is 1. The Morgan fingerprint density at radius 2 is 1.82 bits per heavy atom. The minimum atomic E-state index is -0.122. The van der Waals surface area contributed by atoms with Crippen molar-refractivity contribution in [3.8, 4) is 0 Å². The normalized spacial score (nSPS) is 18.1. The molecule has 1 aromatic rings. The lowest BCUT2D eigenvalue weighted by Gasteiger charge is -2.39. The lowest BCUT2D eigenvalue weighted by Crippen LogP contribution is -2.47. The Morgan fingerprint density at radius 1 is 1.18 bits per heavy atom. The van der Waals surface area contributed by atoms with Gasteiger partial charge in [-0.15, -0.1) is 0 Å². The van der Waals surface area contributed by atoms with Gasteiger partial charge in [0.1, 0.15) is 0 Å². The summed E-state index contributed by atoms with van der Waals surface area (Å²) in [6.45, 7) is 0. The van der Waals surface area contributed by atoms with E-state index in [1.165, 1.54) is 19.3 Å². The molecule has 2 rings (SSSR count). The summed E-state index contributed by atoms with van der Waals surface area (Å²) < 4.78 is 0. The molecule has 1 fully saturated rings. The van der Waals surface area contributed by atoms with E-state index in [4.69, 9.17) is 0 Å². The summed E-state index contributed by atoms with van der Waals surface area (Å²) in [4.78, 5) is 5.69. The number of aliphatic imine (C=N–C) groups is 1. The van der Waals surface area contributed by atoms with Gasteiger partial charge in [-0.05, 0) is 25.0 Å². The number of rotatable bonds is 2. The zero-order chi connectivity index (χ0) is 12.1. The highest BCUT2D eigenvalue weighted by Crippen LogP contribution is 2.26. The molecule has 0 aromatic heterocycles. The molecule has 0 N–H and O–H groups in total. The maximum atomic E-state index is 12.0. The van der Waals surface area contributed by atoms with Gasteiger partial charge in [0.05, 0.1) is 6.02 Å². The van der Waals surface area contributed by atoms with Crippen LogP contribution in [0.1, 0.15) is 32.1 Å². The average molecular weight is 231 g/mol. The molecule has 0 heterocycles. The van der Waals surface area contributed by atoms with Gasteiger partial charge in [0.15, 0.2) is 0 Å². The maximum absolute atomic E-state index is 12.0. The number of anilines is 1. The fourth-order valence-electron chi connectivity index (χ4n) is 2.51. The van der Waals surface area contributed by atoms with E-state index < -0.39 is 0 Å². The fraction of sp³-hybridized carbons (Fsp3) is 0.500. The molecule has 3 heteroatoms. The Hall–Kier alpha value is -1.51. The number of nitrogens with zero attached hydrogens (tertiary/aromatic N) is 2. The molecule has 1 aliphatic carbocycles. The number of amidine groups is 1. The SMILES string of the molecule is CN=C([O-])N(c1ccccc1)C1CCCCC1. The molecule has 17 heavy (non-hydrogen) atoms. The molecule has 1 saturated carbocycles. The van der Waals surface area contributed by atoms with Crippen LogP contribution in [0.15, 0.2) is 35.3 Å². The largest absolute Gasteiger partial charge is 0.846 e. The summed E-state index contributed by atoms with van der Waals surface area (Å²) in [5.41, 5.74) is 0.968. The van der Waals surface area contributed by atoms with E-state index in [1.54, 1.807) is 7.05 Å². The van der Waals surface area contributed by atoms with E-state index in [0.29, 0.717) is 6.04 Å². The standard InChI is InChI=1S/C14H20N2O/c1-15-14(17)16(12-8-4-2-5-9-12)13-10-6-3-7-11-13/h2,4-5,8-9,13H,3,6-7,10-11H2,1H3,(H,15,17)/p-1. The van der Waals surface area contributed by atoms with Crippen LogP contribution in [-0.4, -0.2) is 19.1 Å². The number of benzene rings is 1. The molecule has 92 valence electrons. The van der Waals surface area contributed by atoms with Crippen molar-refractivity contribution in [1.82, 2.24) is 0 Å². The van der Waals surface area contributed by atoms with Gasteiger partial charge >= 0.3 is 0 Å². The highest BCUT2D eigenvalue weighted by Gasteiger charge is 2.21. The van der Waals surface area contributed by atoms with E-state index in [-0.39, 0.29) is 6.02 Å². The minimum absolute atomic E-state index is 0.122. The molecule has 0 atom stereocenters. The first-order chi connectivity index (χ1) is 8.33. The van der Waals surface area contributed by atoms with Crippen LogP contribution in [0.2, 0.25) is 0 Å². The zero-order valence-corrected chi connectivity index (χ0v) is 10.3. The van der Waals surface area contributed by atoms with Gasteiger partial charge in [-0.3, -0.25) is 4.99 Å². The molecular weight excluding hydrogens is 212 g/mol. The number of hydrogen-bond acceptors (Lipinski definition) is 2. The topological polar surface area (TPSA) is 38.7 Å². The zero-order valence-electron chi connectivity index (χ0n) is 10.3. The Balaban J connectivity index is 2.25. The van der Waals surface area contributed by atoms with Crippen molar-refractivity contribution in [2.75, 3.05) is 11.9 Å². The smallest absolute Gasteiger partial charge is 0.0543 e. The third kappa shape index (κ3) is 2.78. The Labute approximate surface area is 103 Å². The quantitative estimate of drug-likeness (QED) is 0.578. The van der Waals surface area contributed by atoms with E-state index in [1.807, 2.05) is 35.2 Å². The molecule has 1 aromatic carbocycles. The average Bonchev–Trinajstić information content (AvgIpc) is 2.41. The van der Waals surface area contributed by atoms with Gasteiger partial charge < -0.3 is 10.0 Å². The summed E-state index contributed by atoms with van der Waals surface area (Å²) in [5.74, 6) is 0. The molecule has 0 amide bonds. The third-order valence-electron chi connectivity index (χ3n) is 3.37. The van der Waals surface area contributed by atoms with Crippen molar-refractivity contribution >= 4 is 11.7 Å².